The van der Waals surface area contributed by atoms with Crippen LogP contribution in [-0.4, -0.2) is 21.9 Å². The standard InChI is InChI=1S/C17H19N3O3/c1-3-4-7-10-20-16(21)14-9-6-5-8-13(14)15(19-20)17(22)23-12(2)11-18/h5-6,8-9,12H,3-4,7,10H2,1-2H3/t12-/m0/s1. The van der Waals surface area contributed by atoms with E-state index in [1.807, 2.05) is 6.07 Å². The molecule has 2 rings (SSSR count). The van der Waals surface area contributed by atoms with Gasteiger partial charge < -0.3 is 4.74 Å². The molecule has 120 valence electrons. The van der Waals surface area contributed by atoms with Crippen LogP contribution in [0.1, 0.15) is 43.6 Å². The third kappa shape index (κ3) is 3.75. The molecule has 0 saturated carbocycles. The van der Waals surface area contributed by atoms with Crippen LogP contribution in [0, 0.1) is 11.3 Å². The first-order chi connectivity index (χ1) is 11.1. The van der Waals surface area contributed by atoms with E-state index in [2.05, 4.69) is 12.0 Å². The van der Waals surface area contributed by atoms with Gasteiger partial charge in [-0.3, -0.25) is 4.79 Å². The van der Waals surface area contributed by atoms with Crippen LogP contribution in [0.3, 0.4) is 0 Å². The van der Waals surface area contributed by atoms with Crippen molar-refractivity contribution in [1.82, 2.24) is 9.78 Å². The van der Waals surface area contributed by atoms with E-state index in [-0.39, 0.29) is 11.3 Å². The lowest BCUT2D eigenvalue weighted by Gasteiger charge is -2.11. The van der Waals surface area contributed by atoms with E-state index in [0.29, 0.717) is 17.3 Å². The minimum Gasteiger partial charge on any atom is -0.442 e. The number of aryl methyl sites for hydroxylation is 1. The number of unbranched alkanes of at least 4 members (excludes halogenated alkanes) is 2. The normalized spacial score (nSPS) is 11.9. The molecule has 0 aliphatic rings. The van der Waals surface area contributed by atoms with Gasteiger partial charge in [-0.25, -0.2) is 9.48 Å². The molecule has 2 aromatic rings. The van der Waals surface area contributed by atoms with Crippen molar-refractivity contribution >= 4 is 16.7 Å². The van der Waals surface area contributed by atoms with Crippen LogP contribution < -0.4 is 5.56 Å². The Morgan fingerprint density at radius 3 is 2.70 bits per heavy atom. The number of nitrogens with zero attached hydrogens (tertiary/aromatic N) is 3. The largest absolute Gasteiger partial charge is 0.442 e. The average molecular weight is 313 g/mol. The number of carbonyl (C=O) groups excluding carboxylic acids is 1. The number of aromatic nitrogens is 2. The van der Waals surface area contributed by atoms with Gasteiger partial charge in [-0.15, -0.1) is 0 Å². The van der Waals surface area contributed by atoms with Gasteiger partial charge in [-0.05, 0) is 19.4 Å². The molecule has 0 amide bonds. The Morgan fingerprint density at radius 1 is 1.35 bits per heavy atom. The topological polar surface area (TPSA) is 85.0 Å². The molecule has 0 bridgehead atoms. The Balaban J connectivity index is 2.50. The van der Waals surface area contributed by atoms with Crippen molar-refractivity contribution in [3.63, 3.8) is 0 Å². The van der Waals surface area contributed by atoms with Gasteiger partial charge in [0.2, 0.25) is 0 Å². The van der Waals surface area contributed by atoms with Crippen LogP contribution in [0.15, 0.2) is 29.1 Å². The molecular formula is C17H19N3O3. The van der Waals surface area contributed by atoms with Crippen LogP contribution in [0.5, 0.6) is 0 Å². The molecular weight excluding hydrogens is 294 g/mol. The van der Waals surface area contributed by atoms with Gasteiger partial charge in [-0.1, -0.05) is 38.0 Å². The summed E-state index contributed by atoms with van der Waals surface area (Å²) in [6, 6.07) is 8.64. The van der Waals surface area contributed by atoms with Crippen LogP contribution in [0.2, 0.25) is 0 Å². The fourth-order valence-corrected chi connectivity index (χ4v) is 2.29. The summed E-state index contributed by atoms with van der Waals surface area (Å²) in [5.41, 5.74) is -0.152. The number of nitriles is 1. The summed E-state index contributed by atoms with van der Waals surface area (Å²) in [7, 11) is 0. The third-order valence-corrected chi connectivity index (χ3v) is 3.50. The maximum Gasteiger partial charge on any atom is 0.360 e. The van der Waals surface area contributed by atoms with E-state index < -0.39 is 12.1 Å². The van der Waals surface area contributed by atoms with Gasteiger partial charge in [0.1, 0.15) is 6.07 Å². The van der Waals surface area contributed by atoms with Gasteiger partial charge in [0.25, 0.3) is 5.56 Å². The molecule has 0 radical (unpaired) electrons. The fourth-order valence-electron chi connectivity index (χ4n) is 2.29. The molecule has 1 aromatic heterocycles. The summed E-state index contributed by atoms with van der Waals surface area (Å²) in [5, 5.41) is 13.8. The van der Waals surface area contributed by atoms with Crippen molar-refractivity contribution in [3.05, 3.63) is 40.3 Å². The van der Waals surface area contributed by atoms with Crippen molar-refractivity contribution in [2.24, 2.45) is 0 Å². The number of hydrogen-bond donors (Lipinski definition) is 0. The summed E-state index contributed by atoms with van der Waals surface area (Å²) in [5.74, 6) is -0.695. The molecule has 0 aliphatic heterocycles. The molecule has 0 N–H and O–H groups in total. The average Bonchev–Trinajstić information content (AvgIpc) is 2.57. The molecule has 1 atom stereocenters. The van der Waals surface area contributed by atoms with E-state index in [1.165, 1.54) is 11.6 Å². The monoisotopic (exact) mass is 313 g/mol. The van der Waals surface area contributed by atoms with E-state index in [9.17, 15) is 9.59 Å². The van der Waals surface area contributed by atoms with Crippen molar-refractivity contribution in [2.45, 2.75) is 45.8 Å². The summed E-state index contributed by atoms with van der Waals surface area (Å²) in [4.78, 5) is 24.7. The number of fused-ring (bicyclic) bond motifs is 1. The first kappa shape index (κ1) is 16.7. The smallest absolute Gasteiger partial charge is 0.360 e. The number of benzene rings is 1. The summed E-state index contributed by atoms with van der Waals surface area (Å²) >= 11 is 0. The molecule has 23 heavy (non-hydrogen) atoms. The quantitative estimate of drug-likeness (QED) is 0.604. The molecule has 0 saturated heterocycles. The van der Waals surface area contributed by atoms with Crippen molar-refractivity contribution in [2.75, 3.05) is 0 Å². The van der Waals surface area contributed by atoms with E-state index in [1.54, 1.807) is 24.3 Å². The Morgan fingerprint density at radius 2 is 2.04 bits per heavy atom. The predicted octanol–water partition coefficient (Wildman–Crippen LogP) is 2.66. The fraction of sp³-hybridized carbons (Fsp3) is 0.412. The highest BCUT2D eigenvalue weighted by atomic mass is 16.5. The molecule has 0 unspecified atom stereocenters. The zero-order valence-electron chi connectivity index (χ0n) is 13.3. The number of rotatable bonds is 6. The number of hydrogen-bond acceptors (Lipinski definition) is 5. The first-order valence-electron chi connectivity index (χ1n) is 7.69. The minimum absolute atomic E-state index is 0.0683. The predicted molar refractivity (Wildman–Crippen MR) is 86.0 cm³/mol. The lowest BCUT2D eigenvalue weighted by Crippen LogP contribution is -2.27. The zero-order chi connectivity index (χ0) is 16.8. The number of esters is 1. The molecule has 1 aromatic carbocycles. The Hall–Kier alpha value is -2.68. The molecule has 6 heteroatoms. The Bertz CT molecular complexity index is 805. The SMILES string of the molecule is CCCCCn1nc(C(=O)O[C@@H](C)C#N)c2ccccc2c1=O. The third-order valence-electron chi connectivity index (χ3n) is 3.50. The van der Waals surface area contributed by atoms with Crippen LogP contribution in [0.4, 0.5) is 0 Å². The van der Waals surface area contributed by atoms with Crippen LogP contribution >= 0.6 is 0 Å². The van der Waals surface area contributed by atoms with E-state index in [4.69, 9.17) is 10.00 Å². The van der Waals surface area contributed by atoms with Gasteiger partial charge in [0.05, 0.1) is 5.39 Å². The number of carbonyl (C=O) groups is 1. The second kappa shape index (κ2) is 7.54. The summed E-state index contributed by atoms with van der Waals surface area (Å²) < 4.78 is 6.35. The lowest BCUT2D eigenvalue weighted by molar-refractivity contribution is 0.0428. The lowest BCUT2D eigenvalue weighted by atomic mass is 10.1. The highest BCUT2D eigenvalue weighted by molar-refractivity contribution is 6.02. The Kier molecular flexibility index (Phi) is 5.47. The minimum atomic E-state index is -0.872. The Labute approximate surface area is 134 Å². The second-order valence-corrected chi connectivity index (χ2v) is 5.31. The van der Waals surface area contributed by atoms with Crippen LogP contribution in [0.25, 0.3) is 10.8 Å². The van der Waals surface area contributed by atoms with E-state index >= 15 is 0 Å². The zero-order valence-corrected chi connectivity index (χ0v) is 13.3. The highest BCUT2D eigenvalue weighted by Crippen LogP contribution is 2.15. The van der Waals surface area contributed by atoms with Gasteiger partial charge in [0, 0.05) is 11.9 Å². The maximum atomic E-state index is 12.5. The highest BCUT2D eigenvalue weighted by Gasteiger charge is 2.19. The summed E-state index contributed by atoms with van der Waals surface area (Å²) in [6.45, 7) is 4.01. The van der Waals surface area contributed by atoms with Crippen molar-refractivity contribution in [1.29, 1.82) is 5.26 Å². The van der Waals surface area contributed by atoms with E-state index in [0.717, 1.165) is 19.3 Å². The van der Waals surface area contributed by atoms with Gasteiger partial charge in [0.15, 0.2) is 11.8 Å². The maximum absolute atomic E-state index is 12.5. The molecule has 6 nitrogen and oxygen atoms in total. The molecule has 0 aliphatic carbocycles. The van der Waals surface area contributed by atoms with Crippen LogP contribution in [-0.2, 0) is 11.3 Å². The number of ether oxygens (including phenoxy) is 1. The van der Waals surface area contributed by atoms with Gasteiger partial charge in [-0.2, -0.15) is 10.4 Å². The summed E-state index contributed by atoms with van der Waals surface area (Å²) in [6.07, 6.45) is 1.94. The second-order valence-electron chi connectivity index (χ2n) is 5.31. The van der Waals surface area contributed by atoms with Crippen molar-refractivity contribution < 1.29 is 9.53 Å². The van der Waals surface area contributed by atoms with Crippen molar-refractivity contribution in [3.8, 4) is 6.07 Å². The molecule has 0 fully saturated rings. The molecule has 1 heterocycles. The van der Waals surface area contributed by atoms with Gasteiger partial charge >= 0.3 is 5.97 Å². The first-order valence-corrected chi connectivity index (χ1v) is 7.69. The molecule has 0 spiro atoms.